The highest BCUT2D eigenvalue weighted by atomic mass is 16.8. The first kappa shape index (κ1) is 6.92. The molecule has 4 nitrogen and oxygen atoms in total. The standard InChI is InChI=1S/C9H10O4/c10-7-5-3-1-11-8(5)13-9-6(7)4(3)2-12-9/h3-6,8-9H,1-2H2/t3-,4-,5-,6+,8+,9-/m0/s1. The Labute approximate surface area is 75.1 Å². The fourth-order valence-electron chi connectivity index (χ4n) is 3.30. The van der Waals surface area contributed by atoms with Gasteiger partial charge in [-0.25, -0.2) is 0 Å². The molecule has 0 radical (unpaired) electrons. The van der Waals surface area contributed by atoms with E-state index in [0.717, 1.165) is 0 Å². The maximum absolute atomic E-state index is 11.9. The SMILES string of the molecule is O=C1[C@@H]2[C@H]3OC[C@H]2[C@@H]2CO[C@H](O3)[C@H]12. The van der Waals surface area contributed by atoms with E-state index in [1.807, 2.05) is 0 Å². The molecule has 1 aliphatic carbocycles. The van der Waals surface area contributed by atoms with E-state index in [4.69, 9.17) is 14.2 Å². The summed E-state index contributed by atoms with van der Waals surface area (Å²) in [5.74, 6) is 1.11. The molecule has 0 amide bonds. The Kier molecular flexibility index (Phi) is 1.05. The van der Waals surface area contributed by atoms with Gasteiger partial charge in [-0.05, 0) is 0 Å². The molecule has 0 N–H and O–H groups in total. The van der Waals surface area contributed by atoms with Gasteiger partial charge in [0.15, 0.2) is 12.6 Å². The van der Waals surface area contributed by atoms with Crippen LogP contribution in [0.1, 0.15) is 0 Å². The van der Waals surface area contributed by atoms with Gasteiger partial charge < -0.3 is 14.2 Å². The van der Waals surface area contributed by atoms with Crippen molar-refractivity contribution < 1.29 is 19.0 Å². The Hall–Kier alpha value is -0.450. The molecule has 70 valence electrons. The number of hydrogen-bond donors (Lipinski definition) is 0. The monoisotopic (exact) mass is 182 g/mol. The largest absolute Gasteiger partial charge is 0.351 e. The Morgan fingerprint density at radius 2 is 1.54 bits per heavy atom. The number of fused-ring (bicyclic) bond motifs is 1. The van der Waals surface area contributed by atoms with Gasteiger partial charge in [-0.2, -0.15) is 0 Å². The Morgan fingerprint density at radius 1 is 1.00 bits per heavy atom. The van der Waals surface area contributed by atoms with Crippen molar-refractivity contribution in [3.8, 4) is 0 Å². The number of rotatable bonds is 0. The molecule has 2 bridgehead atoms. The van der Waals surface area contributed by atoms with Gasteiger partial charge in [0.2, 0.25) is 0 Å². The summed E-state index contributed by atoms with van der Waals surface area (Å²) in [6, 6.07) is 0. The summed E-state index contributed by atoms with van der Waals surface area (Å²) in [6.45, 7) is 1.36. The van der Waals surface area contributed by atoms with Gasteiger partial charge in [0.05, 0.1) is 25.0 Å². The molecule has 6 atom stereocenters. The Balaban J connectivity index is 1.89. The summed E-state index contributed by atoms with van der Waals surface area (Å²) in [6.07, 6.45) is -0.604. The minimum Gasteiger partial charge on any atom is -0.351 e. The van der Waals surface area contributed by atoms with E-state index in [1.165, 1.54) is 0 Å². The molecule has 4 rings (SSSR count). The molecule has 4 heteroatoms. The molecular weight excluding hydrogens is 172 g/mol. The first-order chi connectivity index (χ1) is 6.36. The minimum absolute atomic E-state index is 0.0233. The zero-order chi connectivity index (χ0) is 8.58. The molecule has 13 heavy (non-hydrogen) atoms. The maximum Gasteiger partial charge on any atom is 0.170 e. The van der Waals surface area contributed by atoms with Crippen molar-refractivity contribution in [2.75, 3.05) is 13.2 Å². The van der Waals surface area contributed by atoms with Crippen LogP contribution in [0.2, 0.25) is 0 Å². The van der Waals surface area contributed by atoms with E-state index in [1.54, 1.807) is 0 Å². The molecule has 0 aromatic rings. The minimum atomic E-state index is -0.302. The van der Waals surface area contributed by atoms with E-state index < -0.39 is 0 Å². The van der Waals surface area contributed by atoms with Crippen molar-refractivity contribution >= 4 is 5.78 Å². The zero-order valence-corrected chi connectivity index (χ0v) is 7.01. The third-order valence-electron chi connectivity index (χ3n) is 3.89. The summed E-state index contributed by atoms with van der Waals surface area (Å²) < 4.78 is 16.4. The van der Waals surface area contributed by atoms with Crippen LogP contribution in [0, 0.1) is 23.7 Å². The van der Waals surface area contributed by atoms with Crippen molar-refractivity contribution in [1.82, 2.24) is 0 Å². The van der Waals surface area contributed by atoms with Gasteiger partial charge in [-0.15, -0.1) is 0 Å². The molecule has 0 unspecified atom stereocenters. The van der Waals surface area contributed by atoms with Crippen LogP contribution >= 0.6 is 0 Å². The molecule has 1 saturated carbocycles. The Morgan fingerprint density at radius 3 is 2.08 bits per heavy atom. The summed E-state index contributed by atoms with van der Waals surface area (Å²) in [4.78, 5) is 11.9. The van der Waals surface area contributed by atoms with Gasteiger partial charge in [-0.3, -0.25) is 4.79 Å². The summed E-state index contributed by atoms with van der Waals surface area (Å²) in [5.41, 5.74) is 0. The predicted molar refractivity (Wildman–Crippen MR) is 39.5 cm³/mol. The summed E-state index contributed by atoms with van der Waals surface area (Å²) in [5, 5.41) is 0. The summed E-state index contributed by atoms with van der Waals surface area (Å²) in [7, 11) is 0. The normalized spacial score (nSPS) is 62.0. The first-order valence-electron chi connectivity index (χ1n) is 4.78. The second-order valence-electron chi connectivity index (χ2n) is 4.32. The highest BCUT2D eigenvalue weighted by Crippen LogP contribution is 2.54. The molecule has 3 heterocycles. The van der Waals surface area contributed by atoms with Gasteiger partial charge in [0.1, 0.15) is 5.78 Å². The van der Waals surface area contributed by atoms with E-state index in [-0.39, 0.29) is 24.4 Å². The van der Waals surface area contributed by atoms with Crippen LogP contribution in [0.25, 0.3) is 0 Å². The fourth-order valence-corrected chi connectivity index (χ4v) is 3.30. The molecule has 3 saturated heterocycles. The predicted octanol–water partition coefficient (Wildman–Crippen LogP) is -0.223. The van der Waals surface area contributed by atoms with Crippen LogP contribution in [0.3, 0.4) is 0 Å². The number of Topliss-reactive ketones (excluding diaryl/α,β-unsaturated/α-hetero) is 1. The van der Waals surface area contributed by atoms with Crippen LogP contribution in [-0.4, -0.2) is 31.6 Å². The van der Waals surface area contributed by atoms with Crippen LogP contribution in [0.15, 0.2) is 0 Å². The van der Waals surface area contributed by atoms with Crippen molar-refractivity contribution in [2.45, 2.75) is 12.6 Å². The lowest BCUT2D eigenvalue weighted by molar-refractivity contribution is -0.250. The van der Waals surface area contributed by atoms with E-state index in [9.17, 15) is 4.79 Å². The third kappa shape index (κ3) is 0.610. The molecular formula is C9H10O4. The van der Waals surface area contributed by atoms with Crippen LogP contribution in [0.4, 0.5) is 0 Å². The number of hydrogen-bond acceptors (Lipinski definition) is 4. The topological polar surface area (TPSA) is 44.8 Å². The first-order valence-corrected chi connectivity index (χ1v) is 4.78. The molecule has 0 aromatic carbocycles. The van der Waals surface area contributed by atoms with Gasteiger partial charge in [0.25, 0.3) is 0 Å². The highest BCUT2D eigenvalue weighted by molar-refractivity contribution is 5.88. The van der Waals surface area contributed by atoms with Crippen LogP contribution in [0.5, 0.6) is 0 Å². The number of carbonyl (C=O) groups is 1. The third-order valence-corrected chi connectivity index (χ3v) is 3.89. The zero-order valence-electron chi connectivity index (χ0n) is 7.01. The smallest absolute Gasteiger partial charge is 0.170 e. The number of ketones is 1. The second kappa shape index (κ2) is 1.97. The van der Waals surface area contributed by atoms with E-state index >= 15 is 0 Å². The van der Waals surface area contributed by atoms with Gasteiger partial charge in [-0.1, -0.05) is 0 Å². The van der Waals surface area contributed by atoms with Crippen molar-refractivity contribution in [3.63, 3.8) is 0 Å². The lowest BCUT2D eigenvalue weighted by atomic mass is 9.91. The van der Waals surface area contributed by atoms with Crippen molar-refractivity contribution in [2.24, 2.45) is 23.7 Å². The Bertz CT molecular complexity index is 263. The highest BCUT2D eigenvalue weighted by Gasteiger charge is 2.66. The van der Waals surface area contributed by atoms with Crippen molar-refractivity contribution in [3.05, 3.63) is 0 Å². The maximum atomic E-state index is 11.9. The van der Waals surface area contributed by atoms with Crippen molar-refractivity contribution in [1.29, 1.82) is 0 Å². The molecule has 0 aromatic heterocycles. The lowest BCUT2D eigenvalue weighted by Crippen LogP contribution is -2.42. The number of carbonyl (C=O) groups excluding carboxylic acids is 1. The fraction of sp³-hybridized carbons (Fsp3) is 0.889. The molecule has 4 fully saturated rings. The average Bonchev–Trinajstić information content (AvgIpc) is 2.65. The second-order valence-corrected chi connectivity index (χ2v) is 4.32. The quantitative estimate of drug-likeness (QED) is 0.519. The molecule has 4 aliphatic rings. The average molecular weight is 182 g/mol. The van der Waals surface area contributed by atoms with Crippen LogP contribution < -0.4 is 0 Å². The van der Waals surface area contributed by atoms with E-state index in [0.29, 0.717) is 30.8 Å². The molecule has 3 aliphatic heterocycles. The number of ether oxygens (including phenoxy) is 3. The van der Waals surface area contributed by atoms with Gasteiger partial charge in [0, 0.05) is 11.8 Å². The van der Waals surface area contributed by atoms with Crippen LogP contribution in [-0.2, 0) is 19.0 Å². The van der Waals surface area contributed by atoms with E-state index in [2.05, 4.69) is 0 Å². The lowest BCUT2D eigenvalue weighted by Gasteiger charge is -2.28. The molecule has 0 spiro atoms. The van der Waals surface area contributed by atoms with Gasteiger partial charge >= 0.3 is 0 Å². The summed E-state index contributed by atoms with van der Waals surface area (Å²) >= 11 is 0.